The van der Waals surface area contributed by atoms with Crippen LogP contribution < -0.4 is 0 Å². The number of nitrogens with zero attached hydrogens (tertiary/aromatic N) is 3. The summed E-state index contributed by atoms with van der Waals surface area (Å²) in [4.78, 5) is 36.9. The zero-order chi connectivity index (χ0) is 18.5. The summed E-state index contributed by atoms with van der Waals surface area (Å²) in [6.07, 6.45) is 3.00. The monoisotopic (exact) mass is 359 g/mol. The second-order valence-electron chi connectivity index (χ2n) is 6.83. The van der Waals surface area contributed by atoms with E-state index in [1.165, 1.54) is 11.9 Å². The van der Waals surface area contributed by atoms with Crippen LogP contribution in [0.3, 0.4) is 0 Å². The number of benzene rings is 2. The number of amidine groups is 1. The second kappa shape index (κ2) is 5.89. The number of fused-ring (bicyclic) bond motifs is 5. The molecule has 3 aliphatic rings. The van der Waals surface area contributed by atoms with Crippen LogP contribution in [0.15, 0.2) is 65.7 Å². The van der Waals surface area contributed by atoms with Gasteiger partial charge in [-0.2, -0.15) is 0 Å². The molecule has 3 aliphatic heterocycles. The summed E-state index contributed by atoms with van der Waals surface area (Å²) < 4.78 is 0. The van der Waals surface area contributed by atoms with Gasteiger partial charge in [0.15, 0.2) is 11.9 Å². The van der Waals surface area contributed by atoms with Gasteiger partial charge in [-0.1, -0.05) is 54.6 Å². The number of hydroxylamine groups is 2. The summed E-state index contributed by atoms with van der Waals surface area (Å²) in [6, 6.07) is 17.2. The van der Waals surface area contributed by atoms with E-state index in [1.807, 2.05) is 66.7 Å². The Labute approximate surface area is 156 Å². The predicted molar refractivity (Wildman–Crippen MR) is 99.7 cm³/mol. The third kappa shape index (κ3) is 2.34. The molecule has 5 rings (SSSR count). The number of rotatable bonds is 2. The van der Waals surface area contributed by atoms with Crippen LogP contribution in [0, 0.1) is 5.92 Å². The van der Waals surface area contributed by atoms with Crippen molar-refractivity contribution >= 4 is 29.4 Å². The van der Waals surface area contributed by atoms with E-state index in [2.05, 4.69) is 0 Å². The van der Waals surface area contributed by atoms with Crippen molar-refractivity contribution in [3.8, 4) is 0 Å². The van der Waals surface area contributed by atoms with Gasteiger partial charge < -0.3 is 0 Å². The van der Waals surface area contributed by atoms with Crippen molar-refractivity contribution in [1.82, 2.24) is 9.96 Å². The number of para-hydroxylation sites is 1. The maximum Gasteiger partial charge on any atom is 0.261 e. The number of likely N-dealkylation sites (tertiary alicyclic amines) is 1. The van der Waals surface area contributed by atoms with Gasteiger partial charge in [-0.05, 0) is 17.7 Å². The molecule has 6 nitrogen and oxygen atoms in total. The Morgan fingerprint density at radius 3 is 2.52 bits per heavy atom. The summed E-state index contributed by atoms with van der Waals surface area (Å²) in [7, 11) is 1.51. The number of carbonyl (C=O) groups is 2. The van der Waals surface area contributed by atoms with Crippen molar-refractivity contribution in [2.24, 2.45) is 10.9 Å². The summed E-state index contributed by atoms with van der Waals surface area (Å²) in [5.74, 6) is -0.483. The standard InChI is InChI=1S/C21H17N3O3/c1-23-20(25)17-18-14-9-5-6-10-15(14)22-16(24(18)27-19(17)21(23)26)12-11-13-7-3-2-4-8-13/h2-12,17-19H,1H3/b12-11+/t17-,18-,19+/m0/s1. The summed E-state index contributed by atoms with van der Waals surface area (Å²) in [5.41, 5.74) is 2.73. The first-order chi connectivity index (χ1) is 13.1. The van der Waals surface area contributed by atoms with E-state index in [9.17, 15) is 9.59 Å². The van der Waals surface area contributed by atoms with Gasteiger partial charge in [-0.15, -0.1) is 0 Å². The van der Waals surface area contributed by atoms with Crippen LogP contribution in [0.2, 0.25) is 0 Å². The molecule has 2 aromatic rings. The average Bonchev–Trinajstić information content (AvgIpc) is 3.20. The largest absolute Gasteiger partial charge is 0.283 e. The van der Waals surface area contributed by atoms with Crippen LogP contribution in [0.5, 0.6) is 0 Å². The number of amides is 2. The fourth-order valence-electron chi connectivity index (χ4n) is 3.93. The zero-order valence-electron chi connectivity index (χ0n) is 14.6. The van der Waals surface area contributed by atoms with Gasteiger partial charge in [0, 0.05) is 12.6 Å². The Balaban J connectivity index is 1.59. The Bertz CT molecular complexity index is 999. The highest BCUT2D eigenvalue weighted by Gasteiger charge is 2.60. The molecule has 0 unspecified atom stereocenters. The maximum absolute atomic E-state index is 12.7. The lowest BCUT2D eigenvalue weighted by Gasteiger charge is -2.31. The lowest BCUT2D eigenvalue weighted by Crippen LogP contribution is -2.38. The first kappa shape index (κ1) is 16.0. The number of imide groups is 1. The van der Waals surface area contributed by atoms with E-state index in [0.29, 0.717) is 5.84 Å². The lowest BCUT2D eigenvalue weighted by atomic mass is 9.89. The van der Waals surface area contributed by atoms with E-state index in [0.717, 1.165) is 16.8 Å². The topological polar surface area (TPSA) is 62.2 Å². The normalized spacial score (nSPS) is 26.3. The third-order valence-electron chi connectivity index (χ3n) is 5.28. The van der Waals surface area contributed by atoms with Crippen LogP contribution >= 0.6 is 0 Å². The van der Waals surface area contributed by atoms with Gasteiger partial charge in [-0.3, -0.25) is 19.3 Å². The Hall–Kier alpha value is -3.25. The van der Waals surface area contributed by atoms with E-state index in [-0.39, 0.29) is 17.9 Å². The smallest absolute Gasteiger partial charge is 0.261 e. The molecule has 3 heterocycles. The molecule has 0 aliphatic carbocycles. The van der Waals surface area contributed by atoms with Crippen LogP contribution in [-0.2, 0) is 14.4 Å². The highest BCUT2D eigenvalue weighted by molar-refractivity contribution is 6.08. The first-order valence-corrected chi connectivity index (χ1v) is 8.83. The van der Waals surface area contributed by atoms with Gasteiger partial charge in [0.05, 0.1) is 5.69 Å². The Kier molecular flexibility index (Phi) is 3.48. The molecule has 2 fully saturated rings. The summed E-state index contributed by atoms with van der Waals surface area (Å²) in [6.45, 7) is 0. The molecule has 3 atom stereocenters. The lowest BCUT2D eigenvalue weighted by molar-refractivity contribution is -0.155. The Morgan fingerprint density at radius 2 is 1.70 bits per heavy atom. The molecule has 27 heavy (non-hydrogen) atoms. The van der Waals surface area contributed by atoms with Crippen molar-refractivity contribution in [2.75, 3.05) is 7.05 Å². The average molecular weight is 359 g/mol. The molecule has 134 valence electrons. The van der Waals surface area contributed by atoms with Gasteiger partial charge >= 0.3 is 0 Å². The van der Waals surface area contributed by atoms with Crippen molar-refractivity contribution < 1.29 is 14.4 Å². The second-order valence-corrected chi connectivity index (χ2v) is 6.83. The molecule has 0 bridgehead atoms. The summed E-state index contributed by atoms with van der Waals surface area (Å²) in [5, 5.41) is 1.62. The number of hydrogen-bond donors (Lipinski definition) is 0. The van der Waals surface area contributed by atoms with Gasteiger partial charge in [0.25, 0.3) is 5.91 Å². The minimum Gasteiger partial charge on any atom is -0.283 e. The van der Waals surface area contributed by atoms with Gasteiger partial charge in [-0.25, -0.2) is 10.1 Å². The van der Waals surface area contributed by atoms with E-state index in [1.54, 1.807) is 5.06 Å². The SMILES string of the molecule is CN1C(=O)[C@@H]2[C@@H](ON3C(/C=C/c4ccccc4)=Nc4ccccc4[C@@H]23)C1=O. The molecule has 0 spiro atoms. The van der Waals surface area contributed by atoms with Gasteiger partial charge in [0.1, 0.15) is 12.0 Å². The number of aliphatic imine (C=N–C) groups is 1. The highest BCUT2D eigenvalue weighted by atomic mass is 16.7. The molecule has 6 heteroatoms. The third-order valence-corrected chi connectivity index (χ3v) is 5.28. The van der Waals surface area contributed by atoms with Gasteiger partial charge in [0.2, 0.25) is 5.91 Å². The quantitative estimate of drug-likeness (QED) is 0.774. The summed E-state index contributed by atoms with van der Waals surface area (Å²) >= 11 is 0. The molecule has 2 saturated heterocycles. The van der Waals surface area contributed by atoms with Crippen molar-refractivity contribution in [3.05, 3.63) is 71.8 Å². The van der Waals surface area contributed by atoms with E-state index in [4.69, 9.17) is 9.83 Å². The number of likely N-dealkylation sites (N-methyl/N-ethyl adjacent to an activating group) is 1. The predicted octanol–water partition coefficient (Wildman–Crippen LogP) is 2.72. The first-order valence-electron chi connectivity index (χ1n) is 8.83. The molecular weight excluding hydrogens is 342 g/mol. The van der Waals surface area contributed by atoms with Crippen molar-refractivity contribution in [1.29, 1.82) is 0 Å². The molecule has 2 amide bonds. The minimum absolute atomic E-state index is 0.208. The molecule has 0 N–H and O–H groups in total. The van der Waals surface area contributed by atoms with Crippen molar-refractivity contribution in [3.63, 3.8) is 0 Å². The zero-order valence-corrected chi connectivity index (χ0v) is 14.6. The maximum atomic E-state index is 12.7. The number of carbonyl (C=O) groups excluding carboxylic acids is 2. The van der Waals surface area contributed by atoms with Crippen LogP contribution in [0.25, 0.3) is 6.08 Å². The van der Waals surface area contributed by atoms with Crippen LogP contribution in [0.4, 0.5) is 5.69 Å². The minimum atomic E-state index is -0.797. The fraction of sp³-hybridized carbons (Fsp3) is 0.190. The fourth-order valence-corrected chi connectivity index (χ4v) is 3.93. The van der Waals surface area contributed by atoms with E-state index < -0.39 is 12.0 Å². The van der Waals surface area contributed by atoms with Crippen LogP contribution in [-0.4, -0.2) is 40.8 Å². The number of hydrogen-bond acceptors (Lipinski definition) is 5. The van der Waals surface area contributed by atoms with Crippen LogP contribution in [0.1, 0.15) is 17.2 Å². The van der Waals surface area contributed by atoms with Crippen molar-refractivity contribution in [2.45, 2.75) is 12.1 Å². The molecule has 2 aromatic carbocycles. The highest BCUT2D eigenvalue weighted by Crippen LogP contribution is 2.49. The Morgan fingerprint density at radius 1 is 0.963 bits per heavy atom. The molecule has 0 radical (unpaired) electrons. The van der Waals surface area contributed by atoms with E-state index >= 15 is 0 Å². The molecule has 0 aromatic heterocycles. The molecular formula is C21H17N3O3. The molecule has 0 saturated carbocycles.